The second-order valence-electron chi connectivity index (χ2n) is 7.33. The van der Waals surface area contributed by atoms with Gasteiger partial charge in [-0.3, -0.25) is 4.98 Å². The minimum Gasteiger partial charge on any atom is -0.456 e. The van der Waals surface area contributed by atoms with Crippen molar-refractivity contribution >= 4 is 22.6 Å². The monoisotopic (exact) mass is 585 g/mol. The molecule has 176 valence electrons. The van der Waals surface area contributed by atoms with Gasteiger partial charge in [-0.2, -0.15) is 8.78 Å². The van der Waals surface area contributed by atoms with Gasteiger partial charge in [0, 0.05) is 16.1 Å². The van der Waals surface area contributed by atoms with Crippen LogP contribution in [0.15, 0.2) is 67.1 Å². The zero-order valence-electron chi connectivity index (χ0n) is 17.2. The van der Waals surface area contributed by atoms with E-state index in [1.165, 1.54) is 6.07 Å². The predicted molar refractivity (Wildman–Crippen MR) is 120 cm³/mol. The van der Waals surface area contributed by atoms with Crippen molar-refractivity contribution in [2.45, 2.75) is 22.5 Å². The Morgan fingerprint density at radius 2 is 1.85 bits per heavy atom. The minimum absolute atomic E-state index is 0.183. The van der Waals surface area contributed by atoms with Gasteiger partial charge in [-0.25, -0.2) is 13.5 Å². The average Bonchev–Trinajstić information content (AvgIpc) is 3.32. The lowest BCUT2D eigenvalue weighted by Gasteiger charge is -2.35. The van der Waals surface area contributed by atoms with E-state index in [-0.39, 0.29) is 5.75 Å². The number of hydrogen-bond acceptors (Lipinski definition) is 6. The Hall–Kier alpha value is -3.13. The first-order valence-corrected chi connectivity index (χ1v) is 11.3. The van der Waals surface area contributed by atoms with Gasteiger partial charge >= 0.3 is 5.92 Å². The number of aliphatic hydroxyl groups is 1. The molecule has 1 N–H and O–H groups in total. The largest absolute Gasteiger partial charge is 0.456 e. The maximum Gasteiger partial charge on any atom is 0.323 e. The van der Waals surface area contributed by atoms with Crippen molar-refractivity contribution in [2.75, 3.05) is 0 Å². The molecule has 1 unspecified atom stereocenters. The van der Waals surface area contributed by atoms with Crippen molar-refractivity contribution in [1.82, 2.24) is 25.2 Å². The number of alkyl halides is 3. The van der Waals surface area contributed by atoms with E-state index in [1.807, 2.05) is 6.07 Å². The van der Waals surface area contributed by atoms with Crippen molar-refractivity contribution < 1.29 is 27.4 Å². The molecule has 7 nitrogen and oxygen atoms in total. The average molecular weight is 585 g/mol. The molecule has 2 aromatic heterocycles. The molecule has 0 aliphatic heterocycles. The van der Waals surface area contributed by atoms with E-state index in [2.05, 4.69) is 43.1 Å². The van der Waals surface area contributed by atoms with Gasteiger partial charge in [0.1, 0.15) is 35.2 Å². The molecule has 12 heteroatoms. The Labute approximate surface area is 204 Å². The van der Waals surface area contributed by atoms with Crippen molar-refractivity contribution in [1.29, 1.82) is 0 Å². The first kappa shape index (κ1) is 24.0. The molecule has 0 saturated heterocycles. The van der Waals surface area contributed by atoms with Gasteiger partial charge < -0.3 is 9.84 Å². The molecule has 4 rings (SSSR count). The number of halogens is 5. The Balaban J connectivity index is 1.69. The lowest BCUT2D eigenvalue weighted by atomic mass is 9.84. The molecule has 0 aliphatic rings. The molecule has 2 heterocycles. The standard InChI is InChI=1S/C22H16F4IN5O2/c23-15-4-6-18(19(24)9-15)21(33,12-32-13-29-30-31-32)22(25,26)20-7-5-17(11-28-20)34-16-3-1-2-14(8-16)10-27/h1-9,11,13,33H,10,12H2. The first-order chi connectivity index (χ1) is 16.2. The number of rotatable bonds is 8. The summed E-state index contributed by atoms with van der Waals surface area (Å²) in [6, 6.07) is 11.4. The fourth-order valence-electron chi connectivity index (χ4n) is 3.33. The minimum atomic E-state index is -4.14. The molecule has 0 saturated carbocycles. The Morgan fingerprint density at radius 3 is 2.50 bits per heavy atom. The molecule has 2 aromatic carbocycles. The SMILES string of the molecule is OC(Cn1cnnn1)(c1ccc(F)cc1F)C(F)(F)c1ccc(Oc2cccc(CI)c2)cn1. The first-order valence-electron chi connectivity index (χ1n) is 9.79. The molecule has 4 aromatic rings. The second-order valence-corrected chi connectivity index (χ2v) is 8.09. The quantitative estimate of drug-likeness (QED) is 0.183. The van der Waals surface area contributed by atoms with E-state index in [0.29, 0.717) is 11.8 Å². The molecule has 0 amide bonds. The lowest BCUT2D eigenvalue weighted by Crippen LogP contribution is -2.48. The number of ether oxygens (including phenoxy) is 1. The normalized spacial score (nSPS) is 13.5. The van der Waals surface area contributed by atoms with Crippen LogP contribution in [0, 0.1) is 11.6 Å². The maximum atomic E-state index is 15.7. The second kappa shape index (κ2) is 9.62. The van der Waals surface area contributed by atoms with Crippen LogP contribution in [0.1, 0.15) is 16.8 Å². The van der Waals surface area contributed by atoms with Gasteiger partial charge in [0.2, 0.25) is 0 Å². The summed E-state index contributed by atoms with van der Waals surface area (Å²) in [6.45, 7) is -0.932. The fourth-order valence-corrected chi connectivity index (χ4v) is 3.81. The van der Waals surface area contributed by atoms with E-state index in [4.69, 9.17) is 4.74 Å². The van der Waals surface area contributed by atoms with Gasteiger partial charge in [-0.1, -0.05) is 34.7 Å². The number of benzene rings is 2. The van der Waals surface area contributed by atoms with Gasteiger partial charge in [0.15, 0.2) is 5.60 Å². The van der Waals surface area contributed by atoms with Crippen molar-refractivity contribution in [3.05, 3.63) is 95.6 Å². The molecule has 0 aliphatic carbocycles. The highest BCUT2D eigenvalue weighted by atomic mass is 127. The summed E-state index contributed by atoms with van der Waals surface area (Å²) in [7, 11) is 0. The van der Waals surface area contributed by atoms with E-state index in [0.717, 1.165) is 45.4 Å². The van der Waals surface area contributed by atoms with Crippen molar-refractivity contribution in [2.24, 2.45) is 0 Å². The van der Waals surface area contributed by atoms with Gasteiger partial charge in [0.25, 0.3) is 0 Å². The highest BCUT2D eigenvalue weighted by molar-refractivity contribution is 14.1. The van der Waals surface area contributed by atoms with Gasteiger partial charge in [-0.15, -0.1) is 5.10 Å². The van der Waals surface area contributed by atoms with Crippen LogP contribution in [0.3, 0.4) is 0 Å². The van der Waals surface area contributed by atoms with Gasteiger partial charge in [0.05, 0.1) is 12.7 Å². The number of tetrazole rings is 1. The molecule has 0 spiro atoms. The number of pyridine rings is 1. The van der Waals surface area contributed by atoms with Crippen LogP contribution in [-0.4, -0.2) is 30.3 Å². The number of hydrogen-bond donors (Lipinski definition) is 1. The van der Waals surface area contributed by atoms with Crippen LogP contribution < -0.4 is 4.74 Å². The zero-order valence-corrected chi connectivity index (χ0v) is 19.4. The highest BCUT2D eigenvalue weighted by Gasteiger charge is 2.58. The topological polar surface area (TPSA) is 86.0 Å². The summed E-state index contributed by atoms with van der Waals surface area (Å²) in [5.74, 6) is -5.80. The molecule has 1 atom stereocenters. The maximum absolute atomic E-state index is 15.7. The Morgan fingerprint density at radius 1 is 1.03 bits per heavy atom. The van der Waals surface area contributed by atoms with Crippen molar-refractivity contribution in [3.63, 3.8) is 0 Å². The Bertz CT molecular complexity index is 1270. The summed E-state index contributed by atoms with van der Waals surface area (Å²) < 4.78 is 66.7. The van der Waals surface area contributed by atoms with Crippen LogP contribution in [0.2, 0.25) is 0 Å². The van der Waals surface area contributed by atoms with Crippen LogP contribution in [0.5, 0.6) is 11.5 Å². The van der Waals surface area contributed by atoms with Gasteiger partial charge in [-0.05, 0) is 52.4 Å². The lowest BCUT2D eigenvalue weighted by molar-refractivity contribution is -0.207. The van der Waals surface area contributed by atoms with Crippen LogP contribution in [0.4, 0.5) is 17.6 Å². The van der Waals surface area contributed by atoms with E-state index >= 15 is 8.78 Å². The third-order valence-electron chi connectivity index (χ3n) is 5.02. The Kier molecular flexibility index (Phi) is 6.79. The third kappa shape index (κ3) is 4.73. The zero-order chi connectivity index (χ0) is 24.3. The molecule has 0 radical (unpaired) electrons. The van der Waals surface area contributed by atoms with E-state index < -0.39 is 41.0 Å². The highest BCUT2D eigenvalue weighted by Crippen LogP contribution is 2.46. The van der Waals surface area contributed by atoms with Crippen molar-refractivity contribution in [3.8, 4) is 11.5 Å². The molecular formula is C22H16F4IN5O2. The molecule has 0 fully saturated rings. The fraction of sp³-hybridized carbons (Fsp3) is 0.182. The number of nitrogens with zero attached hydrogens (tertiary/aromatic N) is 5. The van der Waals surface area contributed by atoms with Crippen LogP contribution in [0.25, 0.3) is 0 Å². The third-order valence-corrected chi connectivity index (χ3v) is 5.91. The van der Waals surface area contributed by atoms with E-state index in [1.54, 1.807) is 18.2 Å². The smallest absolute Gasteiger partial charge is 0.323 e. The molecular weight excluding hydrogens is 569 g/mol. The number of aromatic nitrogens is 5. The summed E-state index contributed by atoms with van der Waals surface area (Å²) >= 11 is 2.20. The molecule has 0 bridgehead atoms. The summed E-state index contributed by atoms with van der Waals surface area (Å²) in [5.41, 5.74) is -3.89. The summed E-state index contributed by atoms with van der Waals surface area (Å²) in [5, 5.41) is 21.3. The molecule has 34 heavy (non-hydrogen) atoms. The predicted octanol–water partition coefficient (Wildman–Crippen LogP) is 4.75. The van der Waals surface area contributed by atoms with Crippen LogP contribution in [-0.2, 0) is 22.5 Å². The summed E-state index contributed by atoms with van der Waals surface area (Å²) in [6.07, 6.45) is 2.05. The van der Waals surface area contributed by atoms with E-state index in [9.17, 15) is 13.9 Å². The summed E-state index contributed by atoms with van der Waals surface area (Å²) in [4.78, 5) is 3.76. The van der Waals surface area contributed by atoms with Crippen LogP contribution >= 0.6 is 22.6 Å².